The molecule has 1 amide bonds. The fourth-order valence-corrected chi connectivity index (χ4v) is 2.25. The summed E-state index contributed by atoms with van der Waals surface area (Å²) in [7, 11) is 1.43. The Kier molecular flexibility index (Phi) is 5.39. The van der Waals surface area contributed by atoms with E-state index in [1.165, 1.54) is 37.6 Å². The van der Waals surface area contributed by atoms with Gasteiger partial charge in [-0.05, 0) is 36.4 Å². The van der Waals surface area contributed by atoms with Gasteiger partial charge in [-0.1, -0.05) is 6.07 Å². The molecule has 0 atom stereocenters. The van der Waals surface area contributed by atoms with Gasteiger partial charge >= 0.3 is 6.18 Å². The topological polar surface area (TPSA) is 89.0 Å². The number of rotatable bonds is 5. The second kappa shape index (κ2) is 7.91. The molecule has 0 aliphatic carbocycles. The van der Waals surface area contributed by atoms with Crippen molar-refractivity contribution in [3.63, 3.8) is 0 Å². The predicted octanol–water partition coefficient (Wildman–Crippen LogP) is 3.89. The van der Waals surface area contributed by atoms with Gasteiger partial charge < -0.3 is 15.4 Å². The van der Waals surface area contributed by atoms with E-state index in [0.717, 1.165) is 12.1 Å². The highest BCUT2D eigenvalue weighted by molar-refractivity contribution is 6.04. The van der Waals surface area contributed by atoms with Gasteiger partial charge in [0.05, 0.1) is 24.0 Å². The van der Waals surface area contributed by atoms with Crippen molar-refractivity contribution >= 4 is 23.1 Å². The standard InChI is InChI=1S/C18H14F3N5O2/c1-28-16-8-7-15(25-26-16)23-12-6-5-11(18(19,20)21)10-14(12)24-17(27)13-4-2-3-9-22-13/h2-10H,1H3,(H,23,25)(H,24,27). The molecule has 0 saturated heterocycles. The van der Waals surface area contributed by atoms with E-state index in [2.05, 4.69) is 25.8 Å². The van der Waals surface area contributed by atoms with Gasteiger partial charge in [-0.3, -0.25) is 9.78 Å². The Morgan fingerprint density at radius 3 is 2.46 bits per heavy atom. The van der Waals surface area contributed by atoms with Crippen molar-refractivity contribution in [3.8, 4) is 5.88 Å². The monoisotopic (exact) mass is 389 g/mol. The zero-order valence-electron chi connectivity index (χ0n) is 14.5. The summed E-state index contributed by atoms with van der Waals surface area (Å²) in [6, 6.07) is 10.7. The molecule has 0 radical (unpaired) electrons. The first kappa shape index (κ1) is 19.1. The van der Waals surface area contributed by atoms with Crippen LogP contribution in [0.4, 0.5) is 30.4 Å². The Bertz CT molecular complexity index is 963. The molecule has 0 aliphatic rings. The van der Waals surface area contributed by atoms with Crippen LogP contribution in [0.5, 0.6) is 5.88 Å². The normalized spacial score (nSPS) is 11.0. The average Bonchev–Trinajstić information content (AvgIpc) is 2.69. The van der Waals surface area contributed by atoms with E-state index in [1.807, 2.05) is 0 Å². The maximum absolute atomic E-state index is 13.1. The maximum atomic E-state index is 13.1. The number of anilines is 3. The number of benzene rings is 1. The molecule has 0 fully saturated rings. The number of hydrogen-bond donors (Lipinski definition) is 2. The minimum absolute atomic E-state index is 0.0649. The summed E-state index contributed by atoms with van der Waals surface area (Å²) in [5.74, 6) is -0.112. The number of aromatic nitrogens is 3. The fraction of sp³-hybridized carbons (Fsp3) is 0.111. The van der Waals surface area contributed by atoms with Gasteiger partial charge in [0.25, 0.3) is 5.91 Å². The molecule has 28 heavy (non-hydrogen) atoms. The smallest absolute Gasteiger partial charge is 0.416 e. The molecule has 144 valence electrons. The molecule has 1 aromatic carbocycles. The quantitative estimate of drug-likeness (QED) is 0.688. The van der Waals surface area contributed by atoms with Crippen LogP contribution in [0.25, 0.3) is 0 Å². The molecule has 0 aliphatic heterocycles. The van der Waals surface area contributed by atoms with Gasteiger partial charge in [-0.25, -0.2) is 0 Å². The van der Waals surface area contributed by atoms with Gasteiger partial charge in [-0.15, -0.1) is 10.2 Å². The van der Waals surface area contributed by atoms with Crippen LogP contribution in [0.15, 0.2) is 54.7 Å². The van der Waals surface area contributed by atoms with Crippen molar-refractivity contribution in [1.82, 2.24) is 15.2 Å². The molecule has 2 N–H and O–H groups in total. The number of alkyl halides is 3. The second-order valence-electron chi connectivity index (χ2n) is 5.51. The fourth-order valence-electron chi connectivity index (χ4n) is 2.25. The van der Waals surface area contributed by atoms with Crippen molar-refractivity contribution in [3.05, 3.63) is 66.0 Å². The number of ether oxygens (including phenoxy) is 1. The van der Waals surface area contributed by atoms with Crippen LogP contribution in [0, 0.1) is 0 Å². The van der Waals surface area contributed by atoms with Crippen LogP contribution in [0.2, 0.25) is 0 Å². The molecule has 7 nitrogen and oxygen atoms in total. The van der Waals surface area contributed by atoms with Gasteiger partial charge in [0.15, 0.2) is 5.82 Å². The number of pyridine rings is 1. The van der Waals surface area contributed by atoms with Crippen LogP contribution < -0.4 is 15.4 Å². The van der Waals surface area contributed by atoms with Crippen molar-refractivity contribution in [1.29, 1.82) is 0 Å². The molecular formula is C18H14F3N5O2. The molecule has 2 heterocycles. The first-order valence-electron chi connectivity index (χ1n) is 7.95. The molecular weight excluding hydrogens is 375 g/mol. The minimum Gasteiger partial charge on any atom is -0.480 e. The Balaban J connectivity index is 1.92. The number of halogens is 3. The SMILES string of the molecule is COc1ccc(Nc2ccc(C(F)(F)F)cc2NC(=O)c2ccccn2)nn1. The van der Waals surface area contributed by atoms with Crippen molar-refractivity contribution in [2.45, 2.75) is 6.18 Å². The van der Waals surface area contributed by atoms with Gasteiger partial charge in [0.1, 0.15) is 5.69 Å². The predicted molar refractivity (Wildman–Crippen MR) is 95.5 cm³/mol. The Morgan fingerprint density at radius 1 is 1.04 bits per heavy atom. The largest absolute Gasteiger partial charge is 0.480 e. The van der Waals surface area contributed by atoms with Crippen LogP contribution >= 0.6 is 0 Å². The van der Waals surface area contributed by atoms with E-state index in [1.54, 1.807) is 12.1 Å². The lowest BCUT2D eigenvalue weighted by Gasteiger charge is -2.15. The summed E-state index contributed by atoms with van der Waals surface area (Å²) < 4.78 is 44.2. The molecule has 0 saturated carbocycles. The number of hydrogen-bond acceptors (Lipinski definition) is 6. The van der Waals surface area contributed by atoms with E-state index in [0.29, 0.717) is 0 Å². The van der Waals surface area contributed by atoms with Crippen molar-refractivity contribution in [2.75, 3.05) is 17.7 Å². The van der Waals surface area contributed by atoms with Crippen LogP contribution in [0.1, 0.15) is 16.1 Å². The van der Waals surface area contributed by atoms with Crippen molar-refractivity contribution in [2.24, 2.45) is 0 Å². The summed E-state index contributed by atoms with van der Waals surface area (Å²) in [5.41, 5.74) is -0.717. The molecule has 10 heteroatoms. The van der Waals surface area contributed by atoms with Gasteiger partial charge in [0, 0.05) is 12.3 Å². The van der Waals surface area contributed by atoms with Crippen LogP contribution in [-0.4, -0.2) is 28.2 Å². The van der Waals surface area contributed by atoms with E-state index in [9.17, 15) is 18.0 Å². The molecule has 0 bridgehead atoms. The zero-order valence-corrected chi connectivity index (χ0v) is 14.5. The van der Waals surface area contributed by atoms with E-state index in [-0.39, 0.29) is 28.8 Å². The lowest BCUT2D eigenvalue weighted by molar-refractivity contribution is -0.137. The first-order chi connectivity index (χ1) is 13.4. The second-order valence-corrected chi connectivity index (χ2v) is 5.51. The van der Waals surface area contributed by atoms with E-state index >= 15 is 0 Å². The van der Waals surface area contributed by atoms with E-state index in [4.69, 9.17) is 4.74 Å². The highest BCUT2D eigenvalue weighted by atomic mass is 19.4. The number of carbonyl (C=O) groups excluding carboxylic acids is 1. The third-order valence-electron chi connectivity index (χ3n) is 3.60. The van der Waals surface area contributed by atoms with Crippen LogP contribution in [-0.2, 0) is 6.18 Å². The molecule has 0 spiro atoms. The molecule has 0 unspecified atom stereocenters. The highest BCUT2D eigenvalue weighted by Gasteiger charge is 2.31. The number of nitrogens with zero attached hydrogens (tertiary/aromatic N) is 3. The highest BCUT2D eigenvalue weighted by Crippen LogP contribution is 2.35. The average molecular weight is 389 g/mol. The third-order valence-corrected chi connectivity index (χ3v) is 3.60. The van der Waals surface area contributed by atoms with Gasteiger partial charge in [-0.2, -0.15) is 13.2 Å². The number of amides is 1. The lowest BCUT2D eigenvalue weighted by Crippen LogP contribution is -2.16. The number of methoxy groups -OCH3 is 1. The summed E-state index contributed by atoms with van der Waals surface area (Å²) in [5, 5.41) is 12.9. The van der Waals surface area contributed by atoms with Crippen molar-refractivity contribution < 1.29 is 22.7 Å². The lowest BCUT2D eigenvalue weighted by atomic mass is 10.1. The number of carbonyl (C=O) groups is 1. The van der Waals surface area contributed by atoms with E-state index < -0.39 is 17.6 Å². The summed E-state index contributed by atoms with van der Waals surface area (Å²) in [6.45, 7) is 0. The van der Waals surface area contributed by atoms with Gasteiger partial charge in [0.2, 0.25) is 5.88 Å². The first-order valence-corrected chi connectivity index (χ1v) is 7.95. The van der Waals surface area contributed by atoms with Crippen LogP contribution in [0.3, 0.4) is 0 Å². The Morgan fingerprint density at radius 2 is 1.86 bits per heavy atom. The zero-order chi connectivity index (χ0) is 20.1. The Labute approximate surface area is 157 Å². The minimum atomic E-state index is -4.57. The number of nitrogens with one attached hydrogen (secondary N) is 2. The summed E-state index contributed by atoms with van der Waals surface area (Å²) >= 11 is 0. The molecule has 3 aromatic rings. The summed E-state index contributed by atoms with van der Waals surface area (Å²) in [6.07, 6.45) is -3.16. The maximum Gasteiger partial charge on any atom is 0.416 e. The summed E-state index contributed by atoms with van der Waals surface area (Å²) in [4.78, 5) is 16.2. The Hall–Kier alpha value is -3.69. The third kappa shape index (κ3) is 4.53. The molecule has 3 rings (SSSR count). The molecule has 2 aromatic heterocycles.